The highest BCUT2D eigenvalue weighted by Crippen LogP contribution is 2.38. The van der Waals surface area contributed by atoms with Gasteiger partial charge in [0.25, 0.3) is 0 Å². The van der Waals surface area contributed by atoms with Gasteiger partial charge in [-0.1, -0.05) is 18.5 Å². The Morgan fingerprint density at radius 2 is 2.16 bits per heavy atom. The van der Waals surface area contributed by atoms with E-state index in [-0.39, 0.29) is 0 Å². The van der Waals surface area contributed by atoms with E-state index in [0.717, 1.165) is 24.8 Å². The van der Waals surface area contributed by atoms with Crippen LogP contribution in [0.4, 0.5) is 0 Å². The summed E-state index contributed by atoms with van der Waals surface area (Å²) in [5.41, 5.74) is 3.49. The number of aliphatic carboxylic acids is 1. The molecule has 0 saturated heterocycles. The van der Waals surface area contributed by atoms with Crippen molar-refractivity contribution in [2.75, 3.05) is 7.11 Å². The largest absolute Gasteiger partial charge is 0.495 e. The summed E-state index contributed by atoms with van der Waals surface area (Å²) in [6.45, 7) is 1.72. The lowest BCUT2D eigenvalue weighted by Gasteiger charge is -2.23. The Balaban J connectivity index is 2.48. The number of rotatable bonds is 4. The number of hydrogen-bond donors (Lipinski definition) is 1. The molecule has 1 aliphatic carbocycles. The predicted octanol–water partition coefficient (Wildman–Crippen LogP) is 3.49. The van der Waals surface area contributed by atoms with Gasteiger partial charge in [0.1, 0.15) is 5.75 Å². The number of ether oxygens (including phenoxy) is 1. The van der Waals surface area contributed by atoms with Crippen molar-refractivity contribution in [1.82, 2.24) is 0 Å². The molecule has 0 aromatic heterocycles. The number of carboxylic acid groups (broad SMARTS) is 1. The first-order valence-electron chi connectivity index (χ1n) is 6.64. The zero-order chi connectivity index (χ0) is 14.0. The third kappa shape index (κ3) is 2.86. The fourth-order valence-corrected chi connectivity index (χ4v) is 3.09. The van der Waals surface area contributed by atoms with Crippen LogP contribution in [0.2, 0.25) is 5.02 Å². The van der Waals surface area contributed by atoms with Crippen molar-refractivity contribution in [3.8, 4) is 5.75 Å². The average Bonchev–Trinajstić information content (AvgIpc) is 2.38. The topological polar surface area (TPSA) is 46.5 Å². The molecule has 0 radical (unpaired) electrons. The SMILES string of the molecule is COc1c(Cl)cc2c(c1CC(C)C(=O)O)CCCC2. The van der Waals surface area contributed by atoms with Gasteiger partial charge in [0.05, 0.1) is 18.1 Å². The monoisotopic (exact) mass is 282 g/mol. The van der Waals surface area contributed by atoms with Gasteiger partial charge in [0, 0.05) is 0 Å². The van der Waals surface area contributed by atoms with Crippen molar-refractivity contribution in [2.24, 2.45) is 5.92 Å². The maximum atomic E-state index is 11.1. The van der Waals surface area contributed by atoms with Crippen LogP contribution < -0.4 is 4.74 Å². The summed E-state index contributed by atoms with van der Waals surface area (Å²) >= 11 is 6.26. The zero-order valence-corrected chi connectivity index (χ0v) is 12.1. The van der Waals surface area contributed by atoms with E-state index in [2.05, 4.69) is 0 Å². The molecule has 104 valence electrons. The number of methoxy groups -OCH3 is 1. The number of benzene rings is 1. The van der Waals surface area contributed by atoms with E-state index >= 15 is 0 Å². The molecule has 0 spiro atoms. The third-order valence-electron chi connectivity index (χ3n) is 3.80. The molecular weight excluding hydrogens is 264 g/mol. The Labute approximate surface area is 118 Å². The molecule has 0 fully saturated rings. The Morgan fingerprint density at radius 1 is 1.47 bits per heavy atom. The smallest absolute Gasteiger partial charge is 0.306 e. The molecule has 4 heteroatoms. The molecule has 19 heavy (non-hydrogen) atoms. The molecular formula is C15H19ClO3. The number of hydrogen-bond acceptors (Lipinski definition) is 2. The highest BCUT2D eigenvalue weighted by molar-refractivity contribution is 6.32. The quantitative estimate of drug-likeness (QED) is 0.919. The van der Waals surface area contributed by atoms with Crippen molar-refractivity contribution in [3.05, 3.63) is 27.8 Å². The minimum absolute atomic E-state index is 0.432. The van der Waals surface area contributed by atoms with Gasteiger partial charge in [-0.25, -0.2) is 0 Å². The Hall–Kier alpha value is -1.22. The second kappa shape index (κ2) is 5.83. The maximum Gasteiger partial charge on any atom is 0.306 e. The van der Waals surface area contributed by atoms with Crippen LogP contribution in [0.25, 0.3) is 0 Å². The molecule has 2 rings (SSSR count). The summed E-state index contributed by atoms with van der Waals surface area (Å²) in [4.78, 5) is 11.1. The summed E-state index contributed by atoms with van der Waals surface area (Å²) in [7, 11) is 1.59. The highest BCUT2D eigenvalue weighted by atomic mass is 35.5. The number of fused-ring (bicyclic) bond motifs is 1. The number of aryl methyl sites for hydroxylation is 1. The van der Waals surface area contributed by atoms with Crippen molar-refractivity contribution in [1.29, 1.82) is 0 Å². The third-order valence-corrected chi connectivity index (χ3v) is 4.08. The lowest BCUT2D eigenvalue weighted by Crippen LogP contribution is -2.16. The van der Waals surface area contributed by atoms with E-state index in [1.165, 1.54) is 17.5 Å². The van der Waals surface area contributed by atoms with E-state index in [1.54, 1.807) is 14.0 Å². The van der Waals surface area contributed by atoms with Crippen LogP contribution in [0, 0.1) is 5.92 Å². The van der Waals surface area contributed by atoms with E-state index in [0.29, 0.717) is 17.2 Å². The fraction of sp³-hybridized carbons (Fsp3) is 0.533. The van der Waals surface area contributed by atoms with Crippen molar-refractivity contribution in [2.45, 2.75) is 39.0 Å². The molecule has 0 heterocycles. The van der Waals surface area contributed by atoms with Gasteiger partial charge in [0.2, 0.25) is 0 Å². The average molecular weight is 283 g/mol. The summed E-state index contributed by atoms with van der Waals surface area (Å²) in [5.74, 6) is -0.569. The summed E-state index contributed by atoms with van der Waals surface area (Å²) in [6, 6.07) is 1.98. The van der Waals surface area contributed by atoms with Gasteiger partial charge in [-0.2, -0.15) is 0 Å². The molecule has 1 aromatic rings. The minimum atomic E-state index is -0.786. The van der Waals surface area contributed by atoms with E-state index < -0.39 is 11.9 Å². The van der Waals surface area contributed by atoms with Crippen LogP contribution in [0.5, 0.6) is 5.75 Å². The highest BCUT2D eigenvalue weighted by Gasteiger charge is 2.23. The van der Waals surface area contributed by atoms with Crippen LogP contribution in [0.1, 0.15) is 36.5 Å². The minimum Gasteiger partial charge on any atom is -0.495 e. The van der Waals surface area contributed by atoms with Crippen LogP contribution in [-0.4, -0.2) is 18.2 Å². The van der Waals surface area contributed by atoms with Crippen molar-refractivity contribution in [3.63, 3.8) is 0 Å². The Morgan fingerprint density at radius 3 is 2.79 bits per heavy atom. The molecule has 0 amide bonds. The number of halogens is 1. The lowest BCUT2D eigenvalue weighted by molar-refractivity contribution is -0.141. The molecule has 0 aliphatic heterocycles. The lowest BCUT2D eigenvalue weighted by atomic mass is 9.85. The van der Waals surface area contributed by atoms with E-state index in [1.807, 2.05) is 6.07 Å². The molecule has 1 atom stereocenters. The van der Waals surface area contributed by atoms with Gasteiger partial charge in [-0.05, 0) is 54.9 Å². The van der Waals surface area contributed by atoms with Crippen molar-refractivity contribution >= 4 is 17.6 Å². The van der Waals surface area contributed by atoms with Gasteiger partial charge < -0.3 is 9.84 Å². The summed E-state index contributed by atoms with van der Waals surface area (Å²) < 4.78 is 5.40. The first-order valence-corrected chi connectivity index (χ1v) is 7.02. The fourth-order valence-electron chi connectivity index (χ4n) is 2.76. The first-order chi connectivity index (χ1) is 9.04. The summed E-state index contributed by atoms with van der Waals surface area (Å²) in [5, 5.41) is 9.70. The predicted molar refractivity (Wildman–Crippen MR) is 75.1 cm³/mol. The Kier molecular flexibility index (Phi) is 4.35. The van der Waals surface area contributed by atoms with Gasteiger partial charge >= 0.3 is 5.97 Å². The van der Waals surface area contributed by atoms with E-state index in [4.69, 9.17) is 21.4 Å². The molecule has 0 saturated carbocycles. The second-order valence-electron chi connectivity index (χ2n) is 5.16. The van der Waals surface area contributed by atoms with Gasteiger partial charge in [-0.15, -0.1) is 0 Å². The summed E-state index contributed by atoms with van der Waals surface area (Å²) in [6.07, 6.45) is 4.80. The molecule has 1 aromatic carbocycles. The number of carbonyl (C=O) groups is 1. The second-order valence-corrected chi connectivity index (χ2v) is 5.57. The molecule has 0 bridgehead atoms. The molecule has 1 unspecified atom stereocenters. The molecule has 1 aliphatic rings. The number of carboxylic acids is 1. The van der Waals surface area contributed by atoms with Crippen LogP contribution in [0.15, 0.2) is 6.07 Å². The maximum absolute atomic E-state index is 11.1. The van der Waals surface area contributed by atoms with Crippen LogP contribution in [0.3, 0.4) is 0 Å². The van der Waals surface area contributed by atoms with E-state index in [9.17, 15) is 4.79 Å². The standard InChI is InChI=1S/C15H19ClO3/c1-9(15(17)18)7-12-11-6-4-3-5-10(11)8-13(16)14(12)19-2/h8-9H,3-7H2,1-2H3,(H,17,18). The first kappa shape index (κ1) is 14.2. The van der Waals surface area contributed by atoms with Crippen LogP contribution >= 0.6 is 11.6 Å². The van der Waals surface area contributed by atoms with Crippen LogP contribution in [-0.2, 0) is 24.1 Å². The van der Waals surface area contributed by atoms with Crippen molar-refractivity contribution < 1.29 is 14.6 Å². The molecule has 3 nitrogen and oxygen atoms in total. The zero-order valence-electron chi connectivity index (χ0n) is 11.3. The molecule has 1 N–H and O–H groups in total. The van der Waals surface area contributed by atoms with Gasteiger partial charge in [-0.3, -0.25) is 4.79 Å². The Bertz CT molecular complexity index is 497. The van der Waals surface area contributed by atoms with Gasteiger partial charge in [0.15, 0.2) is 0 Å². The normalized spacial score (nSPS) is 15.7.